The second-order valence-electron chi connectivity index (χ2n) is 6.29. The van der Waals surface area contributed by atoms with Crippen LogP contribution < -0.4 is 0 Å². The third-order valence-electron chi connectivity index (χ3n) is 4.16. The van der Waals surface area contributed by atoms with E-state index in [1.165, 1.54) is 22.8 Å². The predicted molar refractivity (Wildman–Crippen MR) is 91.3 cm³/mol. The lowest BCUT2D eigenvalue weighted by Gasteiger charge is -2.26. The topological polar surface area (TPSA) is 17.8 Å². The van der Waals surface area contributed by atoms with Crippen LogP contribution in [-0.4, -0.2) is 27.0 Å². The molecular weight excluding hydrogens is 263 g/mol. The Morgan fingerprint density at radius 2 is 1.65 bits per heavy atom. The SMILES string of the molecule is Cc1cc2ncn(CCP(C(C)C)C(C)C)c2cc1C. The molecule has 0 spiro atoms. The van der Waals surface area contributed by atoms with E-state index in [1.807, 2.05) is 6.33 Å². The van der Waals surface area contributed by atoms with Gasteiger partial charge in [-0.15, -0.1) is 0 Å². The summed E-state index contributed by atoms with van der Waals surface area (Å²) in [7, 11) is 0.0987. The van der Waals surface area contributed by atoms with Gasteiger partial charge in [0.1, 0.15) is 0 Å². The summed E-state index contributed by atoms with van der Waals surface area (Å²) in [6.45, 7) is 14.9. The van der Waals surface area contributed by atoms with Crippen LogP contribution in [0.5, 0.6) is 0 Å². The van der Waals surface area contributed by atoms with Gasteiger partial charge in [0.05, 0.1) is 17.4 Å². The van der Waals surface area contributed by atoms with Crippen LogP contribution in [0.15, 0.2) is 18.5 Å². The number of hydrogen-bond acceptors (Lipinski definition) is 1. The fraction of sp³-hybridized carbons (Fsp3) is 0.588. The first-order valence-electron chi connectivity index (χ1n) is 7.58. The van der Waals surface area contributed by atoms with E-state index in [4.69, 9.17) is 0 Å². The second kappa shape index (κ2) is 6.26. The van der Waals surface area contributed by atoms with Crippen molar-refractivity contribution in [1.29, 1.82) is 0 Å². The minimum atomic E-state index is 0.0987. The number of rotatable bonds is 5. The molecule has 0 amide bonds. The smallest absolute Gasteiger partial charge is 0.0958 e. The first kappa shape index (κ1) is 15.5. The molecule has 0 aliphatic heterocycles. The van der Waals surface area contributed by atoms with Crippen LogP contribution in [0.3, 0.4) is 0 Å². The fourth-order valence-corrected chi connectivity index (χ4v) is 5.50. The molecule has 110 valence electrons. The van der Waals surface area contributed by atoms with E-state index in [-0.39, 0.29) is 7.92 Å². The zero-order chi connectivity index (χ0) is 14.9. The molecule has 1 heterocycles. The molecular formula is C17H27N2P. The lowest BCUT2D eigenvalue weighted by atomic mass is 10.1. The number of hydrogen-bond donors (Lipinski definition) is 0. The Morgan fingerprint density at radius 3 is 2.25 bits per heavy atom. The van der Waals surface area contributed by atoms with Crippen molar-refractivity contribution in [3.05, 3.63) is 29.6 Å². The van der Waals surface area contributed by atoms with Crippen LogP contribution in [-0.2, 0) is 6.54 Å². The predicted octanol–water partition coefficient (Wildman–Crippen LogP) is 4.95. The highest BCUT2D eigenvalue weighted by molar-refractivity contribution is 7.59. The minimum absolute atomic E-state index is 0.0987. The summed E-state index contributed by atoms with van der Waals surface area (Å²) in [5.41, 5.74) is 6.72. The number of aromatic nitrogens is 2. The minimum Gasteiger partial charge on any atom is -0.330 e. The van der Waals surface area contributed by atoms with Crippen LogP contribution in [0.4, 0.5) is 0 Å². The average Bonchev–Trinajstić information content (AvgIpc) is 2.72. The summed E-state index contributed by atoms with van der Waals surface area (Å²) in [5.74, 6) is 0. The second-order valence-corrected chi connectivity index (χ2v) is 9.83. The Balaban J connectivity index is 2.20. The van der Waals surface area contributed by atoms with Crippen LogP contribution >= 0.6 is 7.92 Å². The van der Waals surface area contributed by atoms with Crippen LogP contribution in [0, 0.1) is 13.8 Å². The van der Waals surface area contributed by atoms with Gasteiger partial charge in [0.25, 0.3) is 0 Å². The molecule has 0 fully saturated rings. The van der Waals surface area contributed by atoms with Crippen molar-refractivity contribution < 1.29 is 0 Å². The monoisotopic (exact) mass is 290 g/mol. The molecule has 2 nitrogen and oxygen atoms in total. The molecule has 0 N–H and O–H groups in total. The van der Waals surface area contributed by atoms with Gasteiger partial charge in [-0.2, -0.15) is 0 Å². The molecule has 0 aliphatic carbocycles. The van der Waals surface area contributed by atoms with Gasteiger partial charge in [0, 0.05) is 6.54 Å². The van der Waals surface area contributed by atoms with E-state index in [9.17, 15) is 0 Å². The summed E-state index contributed by atoms with van der Waals surface area (Å²) < 4.78 is 2.34. The number of aryl methyl sites for hydroxylation is 3. The van der Waals surface area contributed by atoms with E-state index < -0.39 is 0 Å². The summed E-state index contributed by atoms with van der Waals surface area (Å²) in [6, 6.07) is 4.49. The molecule has 20 heavy (non-hydrogen) atoms. The molecule has 0 unspecified atom stereocenters. The average molecular weight is 290 g/mol. The van der Waals surface area contributed by atoms with E-state index in [0.29, 0.717) is 0 Å². The summed E-state index contributed by atoms with van der Waals surface area (Å²) >= 11 is 0. The van der Waals surface area contributed by atoms with Gasteiger partial charge in [-0.1, -0.05) is 35.6 Å². The van der Waals surface area contributed by atoms with Gasteiger partial charge in [-0.05, 0) is 54.6 Å². The van der Waals surface area contributed by atoms with Crippen molar-refractivity contribution in [3.63, 3.8) is 0 Å². The van der Waals surface area contributed by atoms with Gasteiger partial charge in [-0.3, -0.25) is 0 Å². The third-order valence-corrected chi connectivity index (χ3v) is 7.53. The zero-order valence-corrected chi connectivity index (χ0v) is 14.5. The van der Waals surface area contributed by atoms with Gasteiger partial charge >= 0.3 is 0 Å². The number of fused-ring (bicyclic) bond motifs is 1. The van der Waals surface area contributed by atoms with Crippen LogP contribution in [0.25, 0.3) is 11.0 Å². The summed E-state index contributed by atoms with van der Waals surface area (Å²) in [4.78, 5) is 4.56. The van der Waals surface area contributed by atoms with Gasteiger partial charge in [0.15, 0.2) is 0 Å². The maximum absolute atomic E-state index is 4.56. The maximum atomic E-state index is 4.56. The molecule has 3 heteroatoms. The number of benzene rings is 1. The summed E-state index contributed by atoms with van der Waals surface area (Å²) in [6.07, 6.45) is 3.31. The van der Waals surface area contributed by atoms with Crippen molar-refractivity contribution in [2.75, 3.05) is 6.16 Å². The number of imidazole rings is 1. The highest BCUT2D eigenvalue weighted by Crippen LogP contribution is 2.45. The molecule has 0 radical (unpaired) electrons. The highest BCUT2D eigenvalue weighted by atomic mass is 31.1. The molecule has 0 saturated heterocycles. The first-order chi connectivity index (χ1) is 9.40. The van der Waals surface area contributed by atoms with Crippen LogP contribution in [0.2, 0.25) is 0 Å². The highest BCUT2D eigenvalue weighted by Gasteiger charge is 2.16. The molecule has 1 aromatic heterocycles. The van der Waals surface area contributed by atoms with Crippen molar-refractivity contribution in [2.45, 2.75) is 59.4 Å². The molecule has 2 rings (SSSR count). The fourth-order valence-electron chi connectivity index (χ4n) is 2.83. The van der Waals surface area contributed by atoms with Crippen molar-refractivity contribution in [3.8, 4) is 0 Å². The largest absolute Gasteiger partial charge is 0.330 e. The van der Waals surface area contributed by atoms with Crippen LogP contribution in [0.1, 0.15) is 38.8 Å². The molecule has 0 aliphatic rings. The Kier molecular flexibility index (Phi) is 4.86. The normalized spacial score (nSPS) is 12.2. The quantitative estimate of drug-likeness (QED) is 0.712. The lowest BCUT2D eigenvalue weighted by molar-refractivity contribution is 0.783. The van der Waals surface area contributed by atoms with Crippen molar-refractivity contribution in [2.24, 2.45) is 0 Å². The van der Waals surface area contributed by atoms with Crippen molar-refractivity contribution >= 4 is 19.0 Å². The third kappa shape index (κ3) is 3.23. The van der Waals surface area contributed by atoms with E-state index in [2.05, 4.69) is 63.2 Å². The maximum Gasteiger partial charge on any atom is 0.0958 e. The first-order valence-corrected chi connectivity index (χ1v) is 9.24. The zero-order valence-electron chi connectivity index (χ0n) is 13.6. The Bertz CT molecular complexity index is 576. The van der Waals surface area contributed by atoms with Gasteiger partial charge < -0.3 is 4.57 Å². The molecule has 0 saturated carbocycles. The molecule has 1 aromatic carbocycles. The lowest BCUT2D eigenvalue weighted by Crippen LogP contribution is -2.10. The summed E-state index contributed by atoms with van der Waals surface area (Å²) in [5, 5.41) is 0. The standard InChI is InChI=1S/C17H27N2P/c1-12(2)20(13(3)4)8-7-19-11-18-16-9-14(5)15(6)10-17(16)19/h9-13H,7-8H2,1-6H3. The van der Waals surface area contributed by atoms with Gasteiger partial charge in [-0.25, -0.2) is 4.98 Å². The Morgan fingerprint density at radius 1 is 1.05 bits per heavy atom. The Labute approximate surface area is 124 Å². The van der Waals surface area contributed by atoms with E-state index in [1.54, 1.807) is 0 Å². The van der Waals surface area contributed by atoms with Gasteiger partial charge in [0.2, 0.25) is 0 Å². The molecule has 2 aromatic rings. The molecule has 0 bridgehead atoms. The van der Waals surface area contributed by atoms with E-state index >= 15 is 0 Å². The van der Waals surface area contributed by atoms with E-state index in [0.717, 1.165) is 23.4 Å². The Hall–Kier alpha value is -0.880. The van der Waals surface area contributed by atoms with Crippen molar-refractivity contribution in [1.82, 2.24) is 9.55 Å². The molecule has 0 atom stereocenters. The number of nitrogens with zero attached hydrogens (tertiary/aromatic N) is 2.